The van der Waals surface area contributed by atoms with Crippen LogP contribution >= 0.6 is 15.9 Å². The number of halogens is 1. The van der Waals surface area contributed by atoms with Gasteiger partial charge in [-0.1, -0.05) is 36.7 Å². The summed E-state index contributed by atoms with van der Waals surface area (Å²) >= 11 is 3.40. The molecule has 0 aliphatic rings. The van der Waals surface area contributed by atoms with Gasteiger partial charge in [-0.15, -0.1) is 0 Å². The molecule has 1 rings (SSSR count). The Hall–Kier alpha value is -0.590. The summed E-state index contributed by atoms with van der Waals surface area (Å²) in [5, 5.41) is 2.66. The number of sulfonamides is 1. The summed E-state index contributed by atoms with van der Waals surface area (Å²) in [6.45, 7) is 8.14. The Balaban J connectivity index is 2.85. The summed E-state index contributed by atoms with van der Waals surface area (Å²) in [7, 11) is -3.38. The molecule has 0 amide bonds. The van der Waals surface area contributed by atoms with E-state index in [1.165, 1.54) is 0 Å². The Morgan fingerprint density at radius 2 is 1.90 bits per heavy atom. The summed E-state index contributed by atoms with van der Waals surface area (Å²) in [4.78, 5) is 0. The third-order valence-corrected chi connectivity index (χ3v) is 5.27. The van der Waals surface area contributed by atoms with Crippen LogP contribution in [0.3, 0.4) is 0 Å². The van der Waals surface area contributed by atoms with Crippen LogP contribution in [-0.2, 0) is 16.4 Å². The SMILES string of the molecule is CCc1cc(Br)ccc1NS(=O)(=O)C(C)CNC(C)C. The molecule has 4 nitrogen and oxygen atoms in total. The van der Waals surface area contributed by atoms with Crippen molar-refractivity contribution in [3.05, 3.63) is 28.2 Å². The molecule has 1 aromatic carbocycles. The largest absolute Gasteiger partial charge is 0.313 e. The van der Waals surface area contributed by atoms with Gasteiger partial charge in [-0.25, -0.2) is 8.42 Å². The number of aryl methyl sites for hydroxylation is 1. The van der Waals surface area contributed by atoms with E-state index in [-0.39, 0.29) is 6.04 Å². The normalized spacial score (nSPS) is 13.5. The standard InChI is InChI=1S/C14H23BrN2O2S/c1-5-12-8-13(15)6-7-14(12)17-20(18,19)11(4)9-16-10(2)3/h6-8,10-11,16-17H,5,9H2,1-4H3. The minimum absolute atomic E-state index is 0.270. The lowest BCUT2D eigenvalue weighted by Gasteiger charge is -2.18. The van der Waals surface area contributed by atoms with Gasteiger partial charge in [0.2, 0.25) is 10.0 Å². The lowest BCUT2D eigenvalue weighted by Crippen LogP contribution is -2.37. The van der Waals surface area contributed by atoms with E-state index in [0.29, 0.717) is 12.2 Å². The van der Waals surface area contributed by atoms with Crippen molar-refractivity contribution in [3.63, 3.8) is 0 Å². The second-order valence-corrected chi connectivity index (χ2v) is 8.19. The fourth-order valence-electron chi connectivity index (χ4n) is 1.72. The predicted octanol–water partition coefficient (Wildman–Crippen LogP) is 3.14. The van der Waals surface area contributed by atoms with Crippen molar-refractivity contribution in [2.45, 2.75) is 45.4 Å². The molecule has 20 heavy (non-hydrogen) atoms. The molecule has 0 heterocycles. The lowest BCUT2D eigenvalue weighted by atomic mass is 10.1. The van der Waals surface area contributed by atoms with E-state index in [1.54, 1.807) is 13.0 Å². The molecule has 1 unspecified atom stereocenters. The Morgan fingerprint density at radius 3 is 2.45 bits per heavy atom. The molecule has 0 fully saturated rings. The topological polar surface area (TPSA) is 58.2 Å². The number of benzene rings is 1. The van der Waals surface area contributed by atoms with Gasteiger partial charge in [-0.05, 0) is 37.1 Å². The Kier molecular flexibility index (Phi) is 6.48. The van der Waals surface area contributed by atoms with Gasteiger partial charge in [0.25, 0.3) is 0 Å². The zero-order valence-corrected chi connectivity index (χ0v) is 14.8. The highest BCUT2D eigenvalue weighted by Gasteiger charge is 2.21. The van der Waals surface area contributed by atoms with E-state index in [9.17, 15) is 8.42 Å². The summed E-state index contributed by atoms with van der Waals surface area (Å²) in [6.07, 6.45) is 0.774. The van der Waals surface area contributed by atoms with Gasteiger partial charge < -0.3 is 5.32 Å². The zero-order valence-electron chi connectivity index (χ0n) is 12.4. The third kappa shape index (κ3) is 5.07. The molecule has 0 saturated heterocycles. The van der Waals surface area contributed by atoms with Gasteiger partial charge in [0, 0.05) is 17.1 Å². The number of nitrogens with one attached hydrogen (secondary N) is 2. The Morgan fingerprint density at radius 1 is 1.25 bits per heavy atom. The highest BCUT2D eigenvalue weighted by molar-refractivity contribution is 9.10. The molecular formula is C14H23BrN2O2S. The van der Waals surface area contributed by atoms with Crippen molar-refractivity contribution in [3.8, 4) is 0 Å². The van der Waals surface area contributed by atoms with Crippen molar-refractivity contribution < 1.29 is 8.42 Å². The smallest absolute Gasteiger partial charge is 0.236 e. The number of anilines is 1. The summed E-state index contributed by atoms with van der Waals surface area (Å²) in [6, 6.07) is 5.85. The molecule has 0 aliphatic carbocycles. The van der Waals surface area contributed by atoms with Gasteiger partial charge in [-0.3, -0.25) is 4.72 Å². The van der Waals surface area contributed by atoms with Crippen LogP contribution in [0.4, 0.5) is 5.69 Å². The minimum atomic E-state index is -3.38. The van der Waals surface area contributed by atoms with Crippen LogP contribution in [0.2, 0.25) is 0 Å². The van der Waals surface area contributed by atoms with Crippen LogP contribution in [0, 0.1) is 0 Å². The summed E-state index contributed by atoms with van der Waals surface area (Å²) in [5.41, 5.74) is 1.64. The van der Waals surface area contributed by atoms with Crippen LogP contribution < -0.4 is 10.0 Å². The van der Waals surface area contributed by atoms with Crippen LogP contribution in [-0.4, -0.2) is 26.3 Å². The highest BCUT2D eigenvalue weighted by Crippen LogP contribution is 2.23. The minimum Gasteiger partial charge on any atom is -0.313 e. The van der Waals surface area contributed by atoms with E-state index in [2.05, 4.69) is 26.0 Å². The van der Waals surface area contributed by atoms with Crippen molar-refractivity contribution >= 4 is 31.6 Å². The van der Waals surface area contributed by atoms with Crippen LogP contribution in [0.5, 0.6) is 0 Å². The maximum absolute atomic E-state index is 12.3. The fraction of sp³-hybridized carbons (Fsp3) is 0.571. The van der Waals surface area contributed by atoms with Gasteiger partial charge in [0.1, 0.15) is 0 Å². The molecule has 1 atom stereocenters. The molecule has 0 aromatic heterocycles. The monoisotopic (exact) mass is 362 g/mol. The number of hydrogen-bond donors (Lipinski definition) is 2. The number of hydrogen-bond acceptors (Lipinski definition) is 3. The molecule has 6 heteroatoms. The molecule has 0 bridgehead atoms. The number of rotatable bonds is 7. The lowest BCUT2D eigenvalue weighted by molar-refractivity contribution is 0.553. The maximum Gasteiger partial charge on any atom is 0.236 e. The second-order valence-electron chi connectivity index (χ2n) is 5.18. The average molecular weight is 363 g/mol. The van der Waals surface area contributed by atoms with Gasteiger partial charge in [-0.2, -0.15) is 0 Å². The van der Waals surface area contributed by atoms with E-state index in [4.69, 9.17) is 0 Å². The summed E-state index contributed by atoms with van der Waals surface area (Å²) in [5.74, 6) is 0. The van der Waals surface area contributed by atoms with Gasteiger partial charge in [0.15, 0.2) is 0 Å². The van der Waals surface area contributed by atoms with Crippen LogP contribution in [0.15, 0.2) is 22.7 Å². The molecule has 0 radical (unpaired) electrons. The molecule has 114 valence electrons. The first-order valence-electron chi connectivity index (χ1n) is 6.79. The Labute approximate surface area is 130 Å². The molecule has 1 aromatic rings. The van der Waals surface area contributed by atoms with Crippen molar-refractivity contribution in [2.24, 2.45) is 0 Å². The van der Waals surface area contributed by atoms with Gasteiger partial charge in [0.05, 0.1) is 10.9 Å². The third-order valence-electron chi connectivity index (χ3n) is 3.04. The maximum atomic E-state index is 12.3. The Bertz CT molecular complexity index is 544. The van der Waals surface area contributed by atoms with Crippen molar-refractivity contribution in [2.75, 3.05) is 11.3 Å². The van der Waals surface area contributed by atoms with Crippen molar-refractivity contribution in [1.29, 1.82) is 0 Å². The van der Waals surface area contributed by atoms with E-state index in [0.717, 1.165) is 16.5 Å². The first kappa shape index (κ1) is 17.5. The second kappa shape index (κ2) is 7.43. The quantitative estimate of drug-likeness (QED) is 0.783. The molecular weight excluding hydrogens is 340 g/mol. The predicted molar refractivity (Wildman–Crippen MR) is 88.7 cm³/mol. The van der Waals surface area contributed by atoms with E-state index in [1.807, 2.05) is 32.9 Å². The first-order chi connectivity index (χ1) is 9.26. The van der Waals surface area contributed by atoms with E-state index < -0.39 is 15.3 Å². The van der Waals surface area contributed by atoms with Crippen LogP contribution in [0.25, 0.3) is 0 Å². The average Bonchev–Trinajstić information content (AvgIpc) is 2.37. The first-order valence-corrected chi connectivity index (χ1v) is 9.13. The molecule has 0 spiro atoms. The van der Waals surface area contributed by atoms with Crippen molar-refractivity contribution in [1.82, 2.24) is 5.32 Å². The fourth-order valence-corrected chi connectivity index (χ4v) is 3.15. The van der Waals surface area contributed by atoms with Crippen LogP contribution in [0.1, 0.15) is 33.3 Å². The van der Waals surface area contributed by atoms with Gasteiger partial charge >= 0.3 is 0 Å². The molecule has 0 aliphatic heterocycles. The van der Waals surface area contributed by atoms with E-state index >= 15 is 0 Å². The highest BCUT2D eigenvalue weighted by atomic mass is 79.9. The molecule has 2 N–H and O–H groups in total. The molecule has 0 saturated carbocycles. The zero-order chi connectivity index (χ0) is 15.3. The summed E-state index contributed by atoms with van der Waals surface area (Å²) < 4.78 is 28.3.